The molecule has 2 heterocycles. The molecule has 0 spiro atoms. The van der Waals surface area contributed by atoms with Crippen LogP contribution >= 0.6 is 0 Å². The Bertz CT molecular complexity index is 1280. The van der Waals surface area contributed by atoms with Gasteiger partial charge in [0.1, 0.15) is 5.69 Å². The van der Waals surface area contributed by atoms with Crippen molar-refractivity contribution in [2.24, 2.45) is 23.7 Å². The van der Waals surface area contributed by atoms with Crippen molar-refractivity contribution in [2.45, 2.75) is 13.3 Å². The molecule has 2 amide bonds. The molecule has 2 bridgehead atoms. The summed E-state index contributed by atoms with van der Waals surface area (Å²) in [6.07, 6.45) is 4.90. The van der Waals surface area contributed by atoms with Gasteiger partial charge in [-0.05, 0) is 61.6 Å². The van der Waals surface area contributed by atoms with Crippen LogP contribution in [0.3, 0.4) is 0 Å². The van der Waals surface area contributed by atoms with E-state index in [1.54, 1.807) is 12.1 Å². The maximum atomic E-state index is 13.2. The zero-order valence-electron chi connectivity index (χ0n) is 19.9. The topological polar surface area (TPSA) is 104 Å². The third kappa shape index (κ3) is 3.41. The minimum atomic E-state index is -0.442. The number of ketones is 1. The Hall–Kier alpha value is -4.01. The average molecular weight is 487 g/mol. The molecule has 2 aromatic rings. The largest absolute Gasteiger partial charge is 0.368 e. The molecule has 0 radical (unpaired) electrons. The van der Waals surface area contributed by atoms with E-state index in [4.69, 9.17) is 0 Å². The predicted molar refractivity (Wildman–Crippen MR) is 134 cm³/mol. The van der Waals surface area contributed by atoms with Crippen LogP contribution in [0.2, 0.25) is 0 Å². The molecule has 9 nitrogen and oxygen atoms in total. The van der Waals surface area contributed by atoms with Crippen molar-refractivity contribution in [2.75, 3.05) is 40.9 Å². The van der Waals surface area contributed by atoms with Crippen molar-refractivity contribution in [3.63, 3.8) is 0 Å². The first-order valence-corrected chi connectivity index (χ1v) is 12.3. The number of nitro groups is 1. The van der Waals surface area contributed by atoms with Crippen LogP contribution in [-0.2, 0) is 9.59 Å². The standard InChI is InChI=1S/C27H26N4O5/c1-16(32)17-4-6-20(7-5-17)28-10-12-29(13-11-28)22-9-8-21(15-23(22)31(35)36)30-26(33)24-18-2-3-19(14-18)25(24)27(30)34/h2-9,15,18-19,24-25H,10-14H2,1H3. The number of hydrogen-bond acceptors (Lipinski definition) is 7. The predicted octanol–water partition coefficient (Wildman–Crippen LogP) is 3.44. The van der Waals surface area contributed by atoms with E-state index in [2.05, 4.69) is 4.90 Å². The Balaban J connectivity index is 1.21. The molecule has 0 aromatic heterocycles. The number of benzene rings is 2. The quantitative estimate of drug-likeness (QED) is 0.210. The molecule has 4 aliphatic rings. The highest BCUT2D eigenvalue weighted by Gasteiger charge is 2.59. The molecular formula is C27H26N4O5. The fraction of sp³-hybridized carbons (Fsp3) is 0.370. The molecule has 36 heavy (non-hydrogen) atoms. The maximum absolute atomic E-state index is 13.2. The van der Waals surface area contributed by atoms with Crippen LogP contribution in [0, 0.1) is 33.8 Å². The second kappa shape index (κ2) is 8.29. The molecule has 1 saturated carbocycles. The second-order valence-corrected chi connectivity index (χ2v) is 10.0. The van der Waals surface area contributed by atoms with E-state index in [0.717, 1.165) is 12.1 Å². The molecule has 6 rings (SSSR count). The summed E-state index contributed by atoms with van der Waals surface area (Å²) in [4.78, 5) is 54.7. The minimum Gasteiger partial charge on any atom is -0.368 e. The molecule has 2 aromatic carbocycles. The van der Waals surface area contributed by atoms with E-state index in [9.17, 15) is 24.5 Å². The Labute approximate surface area is 208 Å². The summed E-state index contributed by atoms with van der Waals surface area (Å²) >= 11 is 0. The number of carbonyl (C=O) groups excluding carboxylic acids is 3. The number of hydrogen-bond donors (Lipinski definition) is 0. The summed E-state index contributed by atoms with van der Waals surface area (Å²) in [5.74, 6) is -0.975. The fourth-order valence-electron chi connectivity index (χ4n) is 6.33. The van der Waals surface area contributed by atoms with Crippen LogP contribution in [0.4, 0.5) is 22.7 Å². The summed E-state index contributed by atoms with van der Waals surface area (Å²) in [6, 6.07) is 12.1. The van der Waals surface area contributed by atoms with Gasteiger partial charge in [0.2, 0.25) is 11.8 Å². The van der Waals surface area contributed by atoms with Crippen molar-refractivity contribution in [3.05, 3.63) is 70.3 Å². The van der Waals surface area contributed by atoms with Gasteiger partial charge in [0.05, 0.1) is 22.4 Å². The van der Waals surface area contributed by atoms with Crippen LogP contribution in [0.25, 0.3) is 0 Å². The summed E-state index contributed by atoms with van der Waals surface area (Å²) in [5.41, 5.74) is 2.32. The number of imide groups is 1. The van der Waals surface area contributed by atoms with Crippen LogP contribution in [-0.4, -0.2) is 48.7 Å². The third-order valence-electron chi connectivity index (χ3n) is 8.14. The Kier molecular flexibility index (Phi) is 5.17. The molecule has 2 saturated heterocycles. The number of allylic oxidation sites excluding steroid dienone is 2. The van der Waals surface area contributed by atoms with Gasteiger partial charge in [0.25, 0.3) is 5.69 Å². The van der Waals surface area contributed by atoms with Crippen LogP contribution < -0.4 is 14.7 Å². The number of nitro benzene ring substituents is 1. The van der Waals surface area contributed by atoms with Gasteiger partial charge in [-0.25, -0.2) is 4.90 Å². The van der Waals surface area contributed by atoms with Crippen molar-refractivity contribution in [1.82, 2.24) is 0 Å². The summed E-state index contributed by atoms with van der Waals surface area (Å²) in [5, 5.41) is 12.0. The number of piperazine rings is 1. The molecule has 2 aliphatic carbocycles. The number of carbonyl (C=O) groups is 3. The fourth-order valence-corrected chi connectivity index (χ4v) is 6.33. The first-order valence-electron chi connectivity index (χ1n) is 12.3. The first-order chi connectivity index (χ1) is 17.3. The first kappa shape index (κ1) is 22.5. The van der Waals surface area contributed by atoms with Crippen molar-refractivity contribution in [1.29, 1.82) is 0 Å². The lowest BCUT2D eigenvalue weighted by Gasteiger charge is -2.37. The van der Waals surface area contributed by atoms with Gasteiger partial charge in [0.15, 0.2) is 5.78 Å². The van der Waals surface area contributed by atoms with Crippen LogP contribution in [0.1, 0.15) is 23.7 Å². The van der Waals surface area contributed by atoms with Crippen molar-refractivity contribution in [3.8, 4) is 0 Å². The van der Waals surface area contributed by atoms with Gasteiger partial charge in [0, 0.05) is 43.5 Å². The van der Waals surface area contributed by atoms with Crippen molar-refractivity contribution < 1.29 is 19.3 Å². The smallest absolute Gasteiger partial charge is 0.294 e. The zero-order chi connectivity index (χ0) is 25.1. The maximum Gasteiger partial charge on any atom is 0.294 e. The molecule has 4 unspecified atom stereocenters. The van der Waals surface area contributed by atoms with Gasteiger partial charge in [-0.1, -0.05) is 12.2 Å². The number of amides is 2. The number of rotatable bonds is 5. The lowest BCUT2D eigenvalue weighted by molar-refractivity contribution is -0.384. The Morgan fingerprint density at radius 3 is 1.97 bits per heavy atom. The van der Waals surface area contributed by atoms with E-state index in [0.29, 0.717) is 37.4 Å². The molecule has 0 N–H and O–H groups in total. The summed E-state index contributed by atoms with van der Waals surface area (Å²) in [6.45, 7) is 4.03. The van der Waals surface area contributed by atoms with Gasteiger partial charge < -0.3 is 9.80 Å². The molecular weight excluding hydrogens is 460 g/mol. The van der Waals surface area contributed by atoms with Crippen LogP contribution in [0.15, 0.2) is 54.6 Å². The number of fused-ring (bicyclic) bond motifs is 5. The summed E-state index contributed by atoms with van der Waals surface area (Å²) < 4.78 is 0. The SMILES string of the molecule is CC(=O)c1ccc(N2CCN(c3ccc(N4C(=O)C5C6C=CC(C6)C5C4=O)cc3[N+](=O)[O-])CC2)cc1. The average Bonchev–Trinajstić information content (AvgIpc) is 3.57. The Morgan fingerprint density at radius 2 is 1.42 bits per heavy atom. The monoisotopic (exact) mass is 486 g/mol. The second-order valence-electron chi connectivity index (χ2n) is 10.0. The van der Waals surface area contributed by atoms with Gasteiger partial charge >= 0.3 is 0 Å². The van der Waals surface area contributed by atoms with E-state index < -0.39 is 4.92 Å². The lowest BCUT2D eigenvalue weighted by atomic mass is 9.85. The van der Waals surface area contributed by atoms with Gasteiger partial charge in [-0.15, -0.1) is 0 Å². The lowest BCUT2D eigenvalue weighted by Crippen LogP contribution is -2.46. The minimum absolute atomic E-state index is 0.0201. The molecule has 2 aliphatic heterocycles. The molecule has 3 fully saturated rings. The highest BCUT2D eigenvalue weighted by molar-refractivity contribution is 6.23. The van der Waals surface area contributed by atoms with Crippen molar-refractivity contribution >= 4 is 40.3 Å². The van der Waals surface area contributed by atoms with E-state index in [1.807, 2.05) is 41.3 Å². The summed E-state index contributed by atoms with van der Waals surface area (Å²) in [7, 11) is 0. The van der Waals surface area contributed by atoms with Gasteiger partial charge in [-0.3, -0.25) is 24.5 Å². The number of Topliss-reactive ketones (excluding diaryl/α,β-unsaturated/α-hetero) is 1. The number of anilines is 3. The Morgan fingerprint density at radius 1 is 0.861 bits per heavy atom. The number of nitrogens with zero attached hydrogens (tertiary/aromatic N) is 4. The van der Waals surface area contributed by atoms with E-state index >= 15 is 0 Å². The van der Waals surface area contributed by atoms with Crippen LogP contribution in [0.5, 0.6) is 0 Å². The molecule has 9 heteroatoms. The normalized spacial score (nSPS) is 26.6. The van der Waals surface area contributed by atoms with E-state index in [-0.39, 0.29) is 52.6 Å². The van der Waals surface area contributed by atoms with Gasteiger partial charge in [-0.2, -0.15) is 0 Å². The highest BCUT2D eigenvalue weighted by atomic mass is 16.6. The zero-order valence-corrected chi connectivity index (χ0v) is 19.9. The molecule has 4 atom stereocenters. The van der Waals surface area contributed by atoms with E-state index in [1.165, 1.54) is 17.9 Å². The highest BCUT2D eigenvalue weighted by Crippen LogP contribution is 2.53. The molecule has 184 valence electrons. The third-order valence-corrected chi connectivity index (χ3v) is 8.14.